The Morgan fingerprint density at radius 1 is 1.40 bits per heavy atom. The summed E-state index contributed by atoms with van der Waals surface area (Å²) >= 11 is 1.22. The molecule has 1 aromatic rings. The number of hydrogen-bond donors (Lipinski definition) is 3. The standard InChI is InChI=1S/C12H17N3O4S/c16-11(17)9-7-20-10(15-9)6-14-12(18)13-5-8-1-3-19-4-2-8/h7-8H,1-6H2,(H,16,17)(H2,13,14,18). The lowest BCUT2D eigenvalue weighted by molar-refractivity contribution is 0.0669. The Labute approximate surface area is 120 Å². The lowest BCUT2D eigenvalue weighted by Crippen LogP contribution is -2.39. The molecule has 1 aliphatic rings. The molecule has 7 nitrogen and oxygen atoms in total. The number of amides is 2. The second-order valence-corrected chi connectivity index (χ2v) is 5.49. The fraction of sp³-hybridized carbons (Fsp3) is 0.583. The molecule has 0 unspecified atom stereocenters. The van der Waals surface area contributed by atoms with Crippen LogP contribution in [-0.2, 0) is 11.3 Å². The molecular weight excluding hydrogens is 282 g/mol. The molecular formula is C12H17N3O4S. The Morgan fingerprint density at radius 2 is 2.15 bits per heavy atom. The van der Waals surface area contributed by atoms with Crippen LogP contribution in [0.1, 0.15) is 28.3 Å². The zero-order chi connectivity index (χ0) is 14.4. The molecule has 2 amide bonds. The number of ether oxygens (including phenoxy) is 1. The van der Waals surface area contributed by atoms with Crippen molar-refractivity contribution in [3.63, 3.8) is 0 Å². The first-order valence-corrected chi connectivity index (χ1v) is 7.30. The largest absolute Gasteiger partial charge is 0.476 e. The minimum Gasteiger partial charge on any atom is -0.476 e. The van der Waals surface area contributed by atoms with Crippen molar-refractivity contribution in [1.29, 1.82) is 0 Å². The summed E-state index contributed by atoms with van der Waals surface area (Å²) in [4.78, 5) is 26.2. The number of nitrogens with one attached hydrogen (secondary N) is 2. The number of hydrogen-bond acceptors (Lipinski definition) is 5. The molecule has 0 bridgehead atoms. The average molecular weight is 299 g/mol. The van der Waals surface area contributed by atoms with Crippen LogP contribution >= 0.6 is 11.3 Å². The van der Waals surface area contributed by atoms with E-state index >= 15 is 0 Å². The number of nitrogens with zero attached hydrogens (tertiary/aromatic N) is 1. The maximum Gasteiger partial charge on any atom is 0.355 e. The fourth-order valence-electron chi connectivity index (χ4n) is 1.90. The molecule has 8 heteroatoms. The lowest BCUT2D eigenvalue weighted by atomic mass is 10.0. The van der Waals surface area contributed by atoms with E-state index in [4.69, 9.17) is 9.84 Å². The van der Waals surface area contributed by atoms with E-state index in [9.17, 15) is 9.59 Å². The van der Waals surface area contributed by atoms with Crippen LogP contribution in [0, 0.1) is 5.92 Å². The van der Waals surface area contributed by atoms with Gasteiger partial charge in [-0.3, -0.25) is 0 Å². The third-order valence-corrected chi connectivity index (χ3v) is 3.91. The van der Waals surface area contributed by atoms with E-state index in [2.05, 4.69) is 15.6 Å². The summed E-state index contributed by atoms with van der Waals surface area (Å²) in [6.07, 6.45) is 1.93. The molecule has 2 heterocycles. The molecule has 0 atom stereocenters. The molecule has 0 aromatic carbocycles. The molecule has 0 radical (unpaired) electrons. The maximum atomic E-state index is 11.6. The van der Waals surface area contributed by atoms with Gasteiger partial charge >= 0.3 is 12.0 Å². The summed E-state index contributed by atoms with van der Waals surface area (Å²) in [5.74, 6) is -0.593. The van der Waals surface area contributed by atoms with Crippen molar-refractivity contribution < 1.29 is 19.4 Å². The summed E-state index contributed by atoms with van der Waals surface area (Å²) in [5, 5.41) is 16.2. The quantitative estimate of drug-likeness (QED) is 0.755. The number of carboxylic acid groups (broad SMARTS) is 1. The molecule has 3 N–H and O–H groups in total. The number of carbonyl (C=O) groups excluding carboxylic acids is 1. The summed E-state index contributed by atoms with van der Waals surface area (Å²) in [6, 6.07) is -0.261. The maximum absolute atomic E-state index is 11.6. The third-order valence-electron chi connectivity index (χ3n) is 3.06. The summed E-state index contributed by atoms with van der Waals surface area (Å²) in [7, 11) is 0. The average Bonchev–Trinajstić information content (AvgIpc) is 2.93. The molecule has 0 saturated carbocycles. The van der Waals surface area contributed by atoms with E-state index in [0.717, 1.165) is 26.1 Å². The number of aromatic nitrogens is 1. The Morgan fingerprint density at radius 3 is 2.80 bits per heavy atom. The van der Waals surface area contributed by atoms with Gasteiger partial charge in [-0.2, -0.15) is 0 Å². The van der Waals surface area contributed by atoms with E-state index in [1.807, 2.05) is 0 Å². The summed E-state index contributed by atoms with van der Waals surface area (Å²) < 4.78 is 5.25. The molecule has 1 aliphatic heterocycles. The van der Waals surface area contributed by atoms with Crippen LogP contribution in [0.5, 0.6) is 0 Å². The molecule has 0 spiro atoms. The zero-order valence-corrected chi connectivity index (χ0v) is 11.7. The highest BCUT2D eigenvalue weighted by Crippen LogP contribution is 2.13. The van der Waals surface area contributed by atoms with Crippen molar-refractivity contribution in [1.82, 2.24) is 15.6 Å². The predicted molar refractivity (Wildman–Crippen MR) is 72.9 cm³/mol. The number of thiazole rings is 1. The summed E-state index contributed by atoms with van der Waals surface area (Å²) in [5.41, 5.74) is 0.00872. The van der Waals surface area contributed by atoms with Gasteiger partial charge in [-0.15, -0.1) is 11.3 Å². The Hall–Kier alpha value is -1.67. The van der Waals surface area contributed by atoms with Gasteiger partial charge in [0.05, 0.1) is 6.54 Å². The van der Waals surface area contributed by atoms with Gasteiger partial charge in [0.1, 0.15) is 5.01 Å². The van der Waals surface area contributed by atoms with Crippen LogP contribution < -0.4 is 10.6 Å². The van der Waals surface area contributed by atoms with Gasteiger partial charge in [0, 0.05) is 25.1 Å². The Kier molecular flexibility index (Phi) is 5.31. The Balaban J connectivity index is 1.67. The fourth-order valence-corrected chi connectivity index (χ4v) is 2.60. The number of carboxylic acids is 1. The van der Waals surface area contributed by atoms with E-state index in [1.54, 1.807) is 0 Å². The van der Waals surface area contributed by atoms with Crippen molar-refractivity contribution in [3.05, 3.63) is 16.1 Å². The summed E-state index contributed by atoms with van der Waals surface area (Å²) in [6.45, 7) is 2.38. The molecule has 110 valence electrons. The van der Waals surface area contributed by atoms with Crippen molar-refractivity contribution in [3.8, 4) is 0 Å². The van der Waals surface area contributed by atoms with E-state index < -0.39 is 5.97 Å². The first kappa shape index (κ1) is 14.7. The van der Waals surface area contributed by atoms with Gasteiger partial charge in [-0.25, -0.2) is 14.6 Å². The van der Waals surface area contributed by atoms with Gasteiger partial charge in [-0.1, -0.05) is 0 Å². The molecule has 1 aromatic heterocycles. The van der Waals surface area contributed by atoms with Crippen LogP contribution in [0.25, 0.3) is 0 Å². The minimum absolute atomic E-state index is 0.00872. The van der Waals surface area contributed by atoms with Gasteiger partial charge < -0.3 is 20.5 Å². The van der Waals surface area contributed by atoms with E-state index in [0.29, 0.717) is 17.5 Å². The molecule has 1 fully saturated rings. The monoisotopic (exact) mass is 299 g/mol. The van der Waals surface area contributed by atoms with Gasteiger partial charge in [0.25, 0.3) is 0 Å². The normalized spacial score (nSPS) is 15.8. The molecule has 1 saturated heterocycles. The van der Waals surface area contributed by atoms with Crippen molar-refractivity contribution in [2.24, 2.45) is 5.92 Å². The number of urea groups is 1. The first-order chi connectivity index (χ1) is 9.65. The van der Waals surface area contributed by atoms with Gasteiger partial charge in [0.2, 0.25) is 0 Å². The SMILES string of the molecule is O=C(NCc1nc(C(=O)O)cs1)NCC1CCOCC1. The van der Waals surface area contributed by atoms with Crippen LogP contribution in [0.3, 0.4) is 0 Å². The molecule has 2 rings (SSSR count). The molecule has 20 heavy (non-hydrogen) atoms. The highest BCUT2D eigenvalue weighted by Gasteiger charge is 2.14. The third kappa shape index (κ3) is 4.46. The van der Waals surface area contributed by atoms with Crippen molar-refractivity contribution >= 4 is 23.3 Å². The van der Waals surface area contributed by atoms with Gasteiger partial charge in [-0.05, 0) is 18.8 Å². The number of rotatable bonds is 5. The van der Waals surface area contributed by atoms with Crippen LogP contribution in [0.15, 0.2) is 5.38 Å². The van der Waals surface area contributed by atoms with Crippen LogP contribution in [0.4, 0.5) is 4.79 Å². The predicted octanol–water partition coefficient (Wildman–Crippen LogP) is 1.07. The van der Waals surface area contributed by atoms with E-state index in [-0.39, 0.29) is 18.3 Å². The topological polar surface area (TPSA) is 101 Å². The highest BCUT2D eigenvalue weighted by atomic mass is 32.1. The second-order valence-electron chi connectivity index (χ2n) is 4.55. The molecule has 0 aliphatic carbocycles. The smallest absolute Gasteiger partial charge is 0.355 e. The lowest BCUT2D eigenvalue weighted by Gasteiger charge is -2.22. The van der Waals surface area contributed by atoms with E-state index in [1.165, 1.54) is 16.7 Å². The first-order valence-electron chi connectivity index (χ1n) is 6.42. The van der Waals surface area contributed by atoms with Gasteiger partial charge in [0.15, 0.2) is 5.69 Å². The highest BCUT2D eigenvalue weighted by molar-refractivity contribution is 7.09. The number of carbonyl (C=O) groups is 2. The van der Waals surface area contributed by atoms with Crippen molar-refractivity contribution in [2.45, 2.75) is 19.4 Å². The number of aromatic carboxylic acids is 1. The Bertz CT molecular complexity index is 471. The van der Waals surface area contributed by atoms with Crippen molar-refractivity contribution in [2.75, 3.05) is 19.8 Å². The van der Waals surface area contributed by atoms with Crippen LogP contribution in [-0.4, -0.2) is 41.8 Å². The minimum atomic E-state index is -1.06. The second kappa shape index (κ2) is 7.20. The van der Waals surface area contributed by atoms with Crippen LogP contribution in [0.2, 0.25) is 0 Å². The zero-order valence-electron chi connectivity index (χ0n) is 10.9.